The minimum atomic E-state index is -0.323. The predicted octanol–water partition coefficient (Wildman–Crippen LogP) is 5.97. The number of nitrogens with one attached hydrogen (secondary N) is 2. The second kappa shape index (κ2) is 11.9. The van der Waals surface area contributed by atoms with Crippen molar-refractivity contribution in [3.05, 3.63) is 83.9 Å². The quantitative estimate of drug-likeness (QED) is 0.391. The van der Waals surface area contributed by atoms with Gasteiger partial charge in [0.05, 0.1) is 11.4 Å². The standard InChI is InChI=1S/C28H32N2O4/c1-19(2)21-9-13-23(14-10-21)33-17-27(31)29-25-7-5-6-8-26(25)30-28(32)18-34-24-15-11-22(12-16-24)20(3)4/h5-16,19-20H,17-18H2,1-4H3,(H,29,31)(H,30,32). The summed E-state index contributed by atoms with van der Waals surface area (Å²) >= 11 is 0. The third-order valence-electron chi connectivity index (χ3n) is 5.31. The highest BCUT2D eigenvalue weighted by atomic mass is 16.5. The van der Waals surface area contributed by atoms with E-state index >= 15 is 0 Å². The lowest BCUT2D eigenvalue weighted by Crippen LogP contribution is -2.23. The molecule has 3 aromatic carbocycles. The lowest BCUT2D eigenvalue weighted by atomic mass is 10.0. The van der Waals surface area contributed by atoms with Gasteiger partial charge in [-0.15, -0.1) is 0 Å². The van der Waals surface area contributed by atoms with Crippen molar-refractivity contribution in [3.8, 4) is 11.5 Å². The number of para-hydroxylation sites is 2. The fourth-order valence-corrected chi connectivity index (χ4v) is 3.27. The number of benzene rings is 3. The first-order chi connectivity index (χ1) is 16.3. The molecule has 178 valence electrons. The maximum atomic E-state index is 12.4. The van der Waals surface area contributed by atoms with E-state index in [9.17, 15) is 9.59 Å². The van der Waals surface area contributed by atoms with Crippen LogP contribution in [-0.2, 0) is 9.59 Å². The van der Waals surface area contributed by atoms with Gasteiger partial charge in [-0.2, -0.15) is 0 Å². The largest absolute Gasteiger partial charge is 0.484 e. The Labute approximate surface area is 201 Å². The molecule has 3 rings (SSSR count). The lowest BCUT2D eigenvalue weighted by molar-refractivity contribution is -0.119. The number of carbonyl (C=O) groups excluding carboxylic acids is 2. The first-order valence-corrected chi connectivity index (χ1v) is 11.5. The minimum Gasteiger partial charge on any atom is -0.484 e. The van der Waals surface area contributed by atoms with Crippen LogP contribution in [0.3, 0.4) is 0 Å². The van der Waals surface area contributed by atoms with Gasteiger partial charge in [-0.3, -0.25) is 9.59 Å². The summed E-state index contributed by atoms with van der Waals surface area (Å²) in [5, 5.41) is 5.57. The fraction of sp³-hybridized carbons (Fsp3) is 0.286. The van der Waals surface area contributed by atoms with Gasteiger partial charge in [0.2, 0.25) is 0 Å². The number of hydrogen-bond acceptors (Lipinski definition) is 4. The van der Waals surface area contributed by atoms with Crippen molar-refractivity contribution in [1.82, 2.24) is 0 Å². The maximum Gasteiger partial charge on any atom is 0.262 e. The Morgan fingerprint density at radius 3 is 1.29 bits per heavy atom. The van der Waals surface area contributed by atoms with Crippen LogP contribution in [0.15, 0.2) is 72.8 Å². The van der Waals surface area contributed by atoms with Gasteiger partial charge in [-0.1, -0.05) is 64.1 Å². The van der Waals surface area contributed by atoms with Crippen molar-refractivity contribution in [2.75, 3.05) is 23.8 Å². The maximum absolute atomic E-state index is 12.4. The molecule has 6 heteroatoms. The molecule has 0 unspecified atom stereocenters. The van der Waals surface area contributed by atoms with E-state index in [2.05, 4.69) is 38.3 Å². The molecule has 0 fully saturated rings. The molecule has 0 heterocycles. The third-order valence-corrected chi connectivity index (χ3v) is 5.31. The van der Waals surface area contributed by atoms with E-state index in [1.54, 1.807) is 24.3 Å². The molecule has 34 heavy (non-hydrogen) atoms. The molecule has 0 saturated heterocycles. The van der Waals surface area contributed by atoms with Crippen LogP contribution in [0.25, 0.3) is 0 Å². The molecule has 0 atom stereocenters. The van der Waals surface area contributed by atoms with Crippen molar-refractivity contribution < 1.29 is 19.1 Å². The highest BCUT2D eigenvalue weighted by Crippen LogP contribution is 2.22. The molecular weight excluding hydrogens is 428 g/mol. The average molecular weight is 461 g/mol. The molecule has 3 aromatic rings. The number of anilines is 2. The highest BCUT2D eigenvalue weighted by molar-refractivity contribution is 6.00. The van der Waals surface area contributed by atoms with Crippen molar-refractivity contribution in [2.45, 2.75) is 39.5 Å². The zero-order valence-corrected chi connectivity index (χ0v) is 20.1. The van der Waals surface area contributed by atoms with Gasteiger partial charge >= 0.3 is 0 Å². The van der Waals surface area contributed by atoms with Crippen LogP contribution in [0.1, 0.15) is 50.7 Å². The van der Waals surface area contributed by atoms with Crippen LogP contribution in [0, 0.1) is 0 Å². The molecule has 0 aliphatic carbocycles. The molecule has 2 amide bonds. The monoisotopic (exact) mass is 460 g/mol. The first kappa shape index (κ1) is 24.8. The molecule has 2 N–H and O–H groups in total. The van der Waals surface area contributed by atoms with Gasteiger partial charge in [0.25, 0.3) is 11.8 Å². The van der Waals surface area contributed by atoms with Crippen molar-refractivity contribution in [3.63, 3.8) is 0 Å². The van der Waals surface area contributed by atoms with E-state index in [4.69, 9.17) is 9.47 Å². The van der Waals surface area contributed by atoms with Crippen molar-refractivity contribution >= 4 is 23.2 Å². The van der Waals surface area contributed by atoms with Crippen molar-refractivity contribution in [2.24, 2.45) is 0 Å². The zero-order chi connectivity index (χ0) is 24.5. The first-order valence-electron chi connectivity index (χ1n) is 11.5. The second-order valence-corrected chi connectivity index (χ2v) is 8.67. The van der Waals surface area contributed by atoms with E-state index < -0.39 is 0 Å². The molecule has 0 spiro atoms. The molecule has 0 aromatic heterocycles. The predicted molar refractivity (Wildman–Crippen MR) is 136 cm³/mol. The number of ether oxygens (including phenoxy) is 2. The van der Waals surface area contributed by atoms with E-state index in [0.717, 1.165) is 0 Å². The second-order valence-electron chi connectivity index (χ2n) is 8.67. The summed E-state index contributed by atoms with van der Waals surface area (Å²) in [7, 11) is 0. The Hall–Kier alpha value is -3.80. The zero-order valence-electron chi connectivity index (χ0n) is 20.1. The average Bonchev–Trinajstić information content (AvgIpc) is 2.83. The Kier molecular flexibility index (Phi) is 8.68. The Morgan fingerprint density at radius 2 is 0.971 bits per heavy atom. The van der Waals surface area contributed by atoms with Crippen LogP contribution in [0.5, 0.6) is 11.5 Å². The number of carbonyl (C=O) groups is 2. The normalized spacial score (nSPS) is 10.8. The van der Waals surface area contributed by atoms with Crippen LogP contribution in [0.4, 0.5) is 11.4 Å². The van der Waals surface area contributed by atoms with Gasteiger partial charge in [-0.05, 0) is 59.4 Å². The Bertz CT molecular complexity index is 1000. The summed E-state index contributed by atoms with van der Waals surface area (Å²) in [4.78, 5) is 24.8. The molecular formula is C28H32N2O4. The molecule has 6 nitrogen and oxygen atoms in total. The van der Waals surface area contributed by atoms with Crippen LogP contribution in [0.2, 0.25) is 0 Å². The number of amides is 2. The molecule has 0 radical (unpaired) electrons. The van der Waals surface area contributed by atoms with Gasteiger partial charge in [0, 0.05) is 0 Å². The Balaban J connectivity index is 1.51. The summed E-state index contributed by atoms with van der Waals surface area (Å²) in [6.45, 7) is 8.20. The van der Waals surface area contributed by atoms with Crippen molar-refractivity contribution in [1.29, 1.82) is 0 Å². The van der Waals surface area contributed by atoms with E-state index in [1.807, 2.05) is 48.5 Å². The van der Waals surface area contributed by atoms with Gasteiger partial charge in [0.15, 0.2) is 13.2 Å². The molecule has 0 aliphatic rings. The number of rotatable bonds is 10. The SMILES string of the molecule is CC(C)c1ccc(OCC(=O)Nc2ccccc2NC(=O)COc2ccc(C(C)C)cc2)cc1. The lowest BCUT2D eigenvalue weighted by Gasteiger charge is -2.14. The summed E-state index contributed by atoms with van der Waals surface area (Å²) in [6.07, 6.45) is 0. The van der Waals surface area contributed by atoms with Gasteiger partial charge in [0.1, 0.15) is 11.5 Å². The van der Waals surface area contributed by atoms with Gasteiger partial charge in [-0.25, -0.2) is 0 Å². The smallest absolute Gasteiger partial charge is 0.262 e. The summed E-state index contributed by atoms with van der Waals surface area (Å²) in [6, 6.07) is 22.4. The fourth-order valence-electron chi connectivity index (χ4n) is 3.27. The van der Waals surface area contributed by atoms with Crippen LogP contribution < -0.4 is 20.1 Å². The summed E-state index contributed by atoms with van der Waals surface area (Å²) in [5.41, 5.74) is 3.39. The van der Waals surface area contributed by atoms with Gasteiger partial charge < -0.3 is 20.1 Å². The molecule has 0 aliphatic heterocycles. The summed E-state index contributed by atoms with van der Waals surface area (Å²) in [5.74, 6) is 1.46. The summed E-state index contributed by atoms with van der Waals surface area (Å²) < 4.78 is 11.2. The third kappa shape index (κ3) is 7.37. The number of hydrogen-bond donors (Lipinski definition) is 2. The topological polar surface area (TPSA) is 76.7 Å². The van der Waals surface area contributed by atoms with E-state index in [1.165, 1.54) is 11.1 Å². The molecule has 0 saturated carbocycles. The van der Waals surface area contributed by atoms with E-state index in [0.29, 0.717) is 34.7 Å². The van der Waals surface area contributed by atoms with Crippen LogP contribution in [-0.4, -0.2) is 25.0 Å². The highest BCUT2D eigenvalue weighted by Gasteiger charge is 2.11. The van der Waals surface area contributed by atoms with Crippen LogP contribution >= 0.6 is 0 Å². The molecule has 0 bridgehead atoms. The van der Waals surface area contributed by atoms with E-state index in [-0.39, 0.29) is 25.0 Å². The Morgan fingerprint density at radius 1 is 0.618 bits per heavy atom. The minimum absolute atomic E-state index is 0.140.